The number of nitrogens with zero attached hydrogens (tertiary/aromatic N) is 1. The Morgan fingerprint density at radius 2 is 2.21 bits per heavy atom. The van der Waals surface area contributed by atoms with E-state index in [1.54, 1.807) is 12.1 Å². The van der Waals surface area contributed by atoms with Crippen molar-refractivity contribution in [2.24, 2.45) is 0 Å². The van der Waals surface area contributed by atoms with E-state index < -0.39 is 0 Å². The normalized spacial score (nSPS) is 20.0. The van der Waals surface area contributed by atoms with Crippen LogP contribution in [0.2, 0.25) is 0 Å². The Bertz CT molecular complexity index is 676. The number of aromatic amines is 1. The highest BCUT2D eigenvalue weighted by atomic mass is 19.1. The molecule has 3 rings (SSSR count). The summed E-state index contributed by atoms with van der Waals surface area (Å²) >= 11 is 0. The van der Waals surface area contributed by atoms with Crippen LogP contribution in [0.4, 0.5) is 4.39 Å². The maximum atomic E-state index is 14.2. The highest BCUT2D eigenvalue weighted by Gasteiger charge is 2.40. The maximum Gasteiger partial charge on any atom is 0.128 e. The van der Waals surface area contributed by atoms with E-state index in [0.29, 0.717) is 11.1 Å². The van der Waals surface area contributed by atoms with Crippen molar-refractivity contribution in [3.05, 3.63) is 52.6 Å². The Kier molecular flexibility index (Phi) is 2.50. The van der Waals surface area contributed by atoms with Crippen LogP contribution >= 0.6 is 0 Å². The number of fused-ring (bicyclic) bond motifs is 1. The summed E-state index contributed by atoms with van der Waals surface area (Å²) in [6, 6.07) is 5.03. The number of halogens is 1. The quantitative estimate of drug-likeness (QED) is 0.777. The lowest BCUT2D eigenvalue weighted by molar-refractivity contribution is 0.475. The second-order valence-electron chi connectivity index (χ2n) is 5.72. The molecule has 1 aliphatic rings. The topological polar surface area (TPSA) is 28.7 Å². The number of hydrogen-bond donors (Lipinski definition) is 1. The number of H-pyrrole nitrogens is 1. The van der Waals surface area contributed by atoms with Gasteiger partial charge in [-0.2, -0.15) is 5.10 Å². The van der Waals surface area contributed by atoms with Crippen molar-refractivity contribution in [2.45, 2.75) is 31.6 Å². The molecule has 0 fully saturated rings. The van der Waals surface area contributed by atoms with Crippen LogP contribution in [0.1, 0.15) is 48.6 Å². The van der Waals surface area contributed by atoms with Gasteiger partial charge in [-0.1, -0.05) is 25.8 Å². The van der Waals surface area contributed by atoms with Crippen LogP contribution in [0.15, 0.2) is 24.4 Å². The average Bonchev–Trinajstić information content (AvgIpc) is 2.93. The first-order valence-corrected chi connectivity index (χ1v) is 6.33. The zero-order chi connectivity index (χ0) is 13.6. The standard InChI is InChI=1S/C16H15FN2/c1-4-10-5-6-11(14(17)7-10)12-8-16(2,3)15-13(12)9-18-19-15/h1,5-7,9,12H,8H2,2-3H3,(H,18,19). The first-order chi connectivity index (χ1) is 9.03. The first kappa shape index (κ1) is 12.0. The van der Waals surface area contributed by atoms with Gasteiger partial charge in [0.15, 0.2) is 0 Å². The van der Waals surface area contributed by atoms with Crippen LogP contribution in [0.5, 0.6) is 0 Å². The fourth-order valence-electron chi connectivity index (χ4n) is 3.00. The molecule has 3 heteroatoms. The SMILES string of the molecule is C#Cc1ccc(C2CC(C)(C)c3[nH]ncc32)c(F)c1. The Labute approximate surface area is 112 Å². The van der Waals surface area contributed by atoms with Crippen LogP contribution in [0.25, 0.3) is 0 Å². The lowest BCUT2D eigenvalue weighted by Gasteiger charge is -2.19. The minimum Gasteiger partial charge on any atom is -0.282 e. The van der Waals surface area contributed by atoms with Gasteiger partial charge >= 0.3 is 0 Å². The molecule has 2 nitrogen and oxygen atoms in total. The minimum atomic E-state index is -0.231. The lowest BCUT2D eigenvalue weighted by atomic mass is 9.86. The molecule has 1 aromatic heterocycles. The monoisotopic (exact) mass is 254 g/mol. The molecule has 19 heavy (non-hydrogen) atoms. The fourth-order valence-corrected chi connectivity index (χ4v) is 3.00. The van der Waals surface area contributed by atoms with Crippen LogP contribution in [-0.2, 0) is 5.41 Å². The van der Waals surface area contributed by atoms with Crippen molar-refractivity contribution in [1.82, 2.24) is 10.2 Å². The van der Waals surface area contributed by atoms with E-state index >= 15 is 0 Å². The smallest absolute Gasteiger partial charge is 0.128 e. The van der Waals surface area contributed by atoms with Gasteiger partial charge in [0.05, 0.1) is 6.20 Å². The van der Waals surface area contributed by atoms with Crippen molar-refractivity contribution in [1.29, 1.82) is 0 Å². The van der Waals surface area contributed by atoms with E-state index in [9.17, 15) is 4.39 Å². The fraction of sp³-hybridized carbons (Fsp3) is 0.312. The van der Waals surface area contributed by atoms with Crippen LogP contribution in [0, 0.1) is 18.2 Å². The molecule has 1 atom stereocenters. The molecule has 1 unspecified atom stereocenters. The van der Waals surface area contributed by atoms with E-state index in [4.69, 9.17) is 6.42 Å². The summed E-state index contributed by atoms with van der Waals surface area (Å²) in [5, 5.41) is 7.14. The number of rotatable bonds is 1. The summed E-state index contributed by atoms with van der Waals surface area (Å²) in [7, 11) is 0. The third-order valence-electron chi connectivity index (χ3n) is 3.98. The number of terminal acetylenes is 1. The van der Waals surface area contributed by atoms with Crippen LogP contribution in [0.3, 0.4) is 0 Å². The van der Waals surface area contributed by atoms with Crippen molar-refractivity contribution in [3.63, 3.8) is 0 Å². The molecule has 0 spiro atoms. The summed E-state index contributed by atoms with van der Waals surface area (Å²) in [6.07, 6.45) is 7.98. The van der Waals surface area contributed by atoms with E-state index in [1.807, 2.05) is 6.20 Å². The Balaban J connectivity index is 2.09. The summed E-state index contributed by atoms with van der Waals surface area (Å²) in [5.41, 5.74) is 3.47. The summed E-state index contributed by atoms with van der Waals surface area (Å²) in [4.78, 5) is 0. The third kappa shape index (κ3) is 1.76. The molecule has 0 saturated heterocycles. The van der Waals surface area contributed by atoms with Gasteiger partial charge in [0.25, 0.3) is 0 Å². The third-order valence-corrected chi connectivity index (χ3v) is 3.98. The van der Waals surface area contributed by atoms with E-state index in [0.717, 1.165) is 17.7 Å². The number of benzene rings is 1. The second kappa shape index (κ2) is 3.96. The van der Waals surface area contributed by atoms with Crippen LogP contribution < -0.4 is 0 Å². The maximum absolute atomic E-state index is 14.2. The molecule has 1 heterocycles. The summed E-state index contributed by atoms with van der Waals surface area (Å²) in [5.74, 6) is 2.28. The Morgan fingerprint density at radius 3 is 2.89 bits per heavy atom. The number of hydrogen-bond acceptors (Lipinski definition) is 1. The predicted molar refractivity (Wildman–Crippen MR) is 72.4 cm³/mol. The van der Waals surface area contributed by atoms with Gasteiger partial charge in [-0.05, 0) is 24.1 Å². The molecule has 1 aliphatic carbocycles. The minimum absolute atomic E-state index is 0.00622. The van der Waals surface area contributed by atoms with Gasteiger partial charge in [0, 0.05) is 28.2 Å². The average molecular weight is 254 g/mol. The Hall–Kier alpha value is -2.08. The molecule has 1 aromatic carbocycles. The lowest BCUT2D eigenvalue weighted by Crippen LogP contribution is -2.14. The van der Waals surface area contributed by atoms with E-state index in [1.165, 1.54) is 6.07 Å². The van der Waals surface area contributed by atoms with Crippen molar-refractivity contribution in [3.8, 4) is 12.3 Å². The predicted octanol–water partition coefficient (Wildman–Crippen LogP) is 3.34. The molecule has 0 saturated carbocycles. The molecule has 0 aliphatic heterocycles. The zero-order valence-corrected chi connectivity index (χ0v) is 11.0. The van der Waals surface area contributed by atoms with Gasteiger partial charge in [-0.3, -0.25) is 5.10 Å². The van der Waals surface area contributed by atoms with Gasteiger partial charge in [-0.25, -0.2) is 4.39 Å². The molecule has 96 valence electrons. The second-order valence-corrected chi connectivity index (χ2v) is 5.72. The van der Waals surface area contributed by atoms with E-state index in [-0.39, 0.29) is 17.2 Å². The zero-order valence-electron chi connectivity index (χ0n) is 11.0. The van der Waals surface area contributed by atoms with Crippen LogP contribution in [-0.4, -0.2) is 10.2 Å². The van der Waals surface area contributed by atoms with Crippen molar-refractivity contribution < 1.29 is 4.39 Å². The molecular formula is C16H15FN2. The number of nitrogens with one attached hydrogen (secondary N) is 1. The van der Waals surface area contributed by atoms with Crippen molar-refractivity contribution in [2.75, 3.05) is 0 Å². The highest BCUT2D eigenvalue weighted by Crippen LogP contribution is 2.48. The molecular weight excluding hydrogens is 239 g/mol. The molecule has 0 radical (unpaired) electrons. The van der Waals surface area contributed by atoms with Gasteiger partial charge in [-0.15, -0.1) is 6.42 Å². The van der Waals surface area contributed by atoms with Gasteiger partial charge < -0.3 is 0 Å². The van der Waals surface area contributed by atoms with Gasteiger partial charge in [0.2, 0.25) is 0 Å². The largest absolute Gasteiger partial charge is 0.282 e. The molecule has 0 bridgehead atoms. The summed E-state index contributed by atoms with van der Waals surface area (Å²) in [6.45, 7) is 4.30. The first-order valence-electron chi connectivity index (χ1n) is 6.33. The molecule has 1 N–H and O–H groups in total. The molecule has 0 amide bonds. The number of aromatic nitrogens is 2. The highest BCUT2D eigenvalue weighted by molar-refractivity contribution is 5.45. The molecule has 2 aromatic rings. The summed E-state index contributed by atoms with van der Waals surface area (Å²) < 4.78 is 14.2. The van der Waals surface area contributed by atoms with Crippen molar-refractivity contribution >= 4 is 0 Å². The Morgan fingerprint density at radius 1 is 1.42 bits per heavy atom. The van der Waals surface area contributed by atoms with E-state index in [2.05, 4.69) is 30.0 Å². The van der Waals surface area contributed by atoms with Gasteiger partial charge in [0.1, 0.15) is 5.82 Å².